The average molecular weight is 1650 g/mol. The highest BCUT2D eigenvalue weighted by atomic mass is 32.2. The summed E-state index contributed by atoms with van der Waals surface area (Å²) in [4.78, 5) is 227. The summed E-state index contributed by atoms with van der Waals surface area (Å²) in [6, 6.07) is 10.5. The van der Waals surface area contributed by atoms with Crippen molar-refractivity contribution in [3.05, 3.63) is 114 Å². The van der Waals surface area contributed by atoms with Crippen LogP contribution in [0.2, 0.25) is 0 Å². The molecule has 6 rings (SSSR count). The van der Waals surface area contributed by atoms with E-state index >= 15 is 24.0 Å². The summed E-state index contributed by atoms with van der Waals surface area (Å²) in [6.45, 7) is 4.81. The molecular formula is C78H109N19O19S. The first kappa shape index (κ1) is 94.0. The van der Waals surface area contributed by atoms with Gasteiger partial charge in [-0.3, -0.25) is 76.7 Å². The average Bonchev–Trinajstić information content (AvgIpc) is 1.45. The molecule has 4 aromatic carbocycles. The van der Waals surface area contributed by atoms with Gasteiger partial charge in [-0.1, -0.05) is 72.8 Å². The Morgan fingerprint density at radius 2 is 1.31 bits per heavy atom. The first-order valence-corrected chi connectivity index (χ1v) is 39.4. The van der Waals surface area contributed by atoms with E-state index in [0.29, 0.717) is 39.8 Å². The Labute approximate surface area is 679 Å². The molecule has 0 radical (unpaired) electrons. The Kier molecular flexibility index (Phi) is 37.0. The van der Waals surface area contributed by atoms with Gasteiger partial charge >= 0.3 is 0 Å². The smallest absolute Gasteiger partial charge is 0.248 e. The van der Waals surface area contributed by atoms with E-state index in [0.717, 1.165) is 43.3 Å². The van der Waals surface area contributed by atoms with Gasteiger partial charge in [0.1, 0.15) is 77.8 Å². The molecular weight excluding hydrogens is 1540 g/mol. The lowest BCUT2D eigenvalue weighted by Gasteiger charge is -2.34. The van der Waals surface area contributed by atoms with Crippen LogP contribution in [0.5, 0.6) is 5.75 Å². The van der Waals surface area contributed by atoms with Crippen molar-refractivity contribution in [3.63, 3.8) is 0 Å². The van der Waals surface area contributed by atoms with E-state index in [2.05, 4.69) is 74.1 Å². The van der Waals surface area contributed by atoms with Crippen LogP contribution in [0.3, 0.4) is 0 Å². The van der Waals surface area contributed by atoms with Crippen molar-refractivity contribution >= 4 is 128 Å². The van der Waals surface area contributed by atoms with E-state index in [1.165, 1.54) is 13.8 Å². The fourth-order valence-electron chi connectivity index (χ4n) is 12.6. The molecule has 117 heavy (non-hydrogen) atoms. The van der Waals surface area contributed by atoms with E-state index in [1.54, 1.807) is 79.0 Å². The number of unbranched alkanes of at least 4 members (excludes halogenated alkanes) is 2. The van der Waals surface area contributed by atoms with E-state index in [9.17, 15) is 63.0 Å². The number of para-hydroxylation sites is 1. The zero-order valence-electron chi connectivity index (χ0n) is 66.0. The molecule has 1 aromatic heterocycles. The summed E-state index contributed by atoms with van der Waals surface area (Å²) in [5, 5.41) is 57.3. The van der Waals surface area contributed by atoms with Crippen LogP contribution in [-0.4, -0.2) is 232 Å². The number of amides is 16. The number of ether oxygens (including phenoxy) is 1. The summed E-state index contributed by atoms with van der Waals surface area (Å²) in [5.41, 5.74) is 25.7. The third kappa shape index (κ3) is 30.1. The zero-order chi connectivity index (χ0) is 86.1. The number of aliphatic hydroxyl groups excluding tert-OH is 2. The fourth-order valence-corrected chi connectivity index (χ4v) is 13.7. The molecule has 5 aromatic rings. The first-order valence-electron chi connectivity index (χ1n) is 38.3. The number of aromatic nitrogens is 1. The number of hydrogen-bond acceptors (Lipinski definition) is 22. The second-order valence-electron chi connectivity index (χ2n) is 29.0. The lowest BCUT2D eigenvalue weighted by Crippen LogP contribution is -2.66. The number of aromatic amines is 1. The third-order valence-corrected chi connectivity index (χ3v) is 20.3. The Morgan fingerprint density at radius 3 is 1.97 bits per heavy atom. The van der Waals surface area contributed by atoms with Gasteiger partial charge in [-0.05, 0) is 130 Å². The molecule has 0 unspecified atom stereocenters. The maximum atomic E-state index is 15.7. The minimum absolute atomic E-state index is 0.124. The number of aliphatic hydroxyl groups is 2. The molecule has 38 nitrogen and oxygen atoms in total. The van der Waals surface area contributed by atoms with Gasteiger partial charge < -0.3 is 118 Å². The van der Waals surface area contributed by atoms with Crippen molar-refractivity contribution in [3.8, 4) is 5.75 Å². The molecule has 26 N–H and O–H groups in total. The van der Waals surface area contributed by atoms with Crippen molar-refractivity contribution in [2.45, 2.75) is 190 Å². The molecule has 0 bridgehead atoms. The van der Waals surface area contributed by atoms with Crippen molar-refractivity contribution < 1.29 is 91.7 Å². The summed E-state index contributed by atoms with van der Waals surface area (Å²) in [6.07, 6.45) is -2.67. The largest absolute Gasteiger partial charge is 0.492 e. The van der Waals surface area contributed by atoms with Crippen LogP contribution in [0.4, 0.5) is 0 Å². The second-order valence-corrected chi connectivity index (χ2v) is 30.2. The number of thioether (sulfide) groups is 1. The lowest BCUT2D eigenvalue weighted by molar-refractivity contribution is -0.140. The maximum absolute atomic E-state index is 15.7. The van der Waals surface area contributed by atoms with Crippen molar-refractivity contribution in [1.29, 1.82) is 0 Å². The number of carbonyl (C=O) groups is 16. The monoisotopic (exact) mass is 1650 g/mol. The topological polar surface area (TPSA) is 625 Å². The highest BCUT2D eigenvalue weighted by molar-refractivity contribution is 7.99. The van der Waals surface area contributed by atoms with Gasteiger partial charge in [-0.15, -0.1) is 0 Å². The number of nitrogens with two attached hydrogens (primary N) is 5. The number of carbonyl (C=O) groups excluding carboxylic acids is 16. The van der Waals surface area contributed by atoms with Crippen LogP contribution in [-0.2, 0) is 96.0 Å². The molecule has 1 aliphatic rings. The second kappa shape index (κ2) is 46.1. The van der Waals surface area contributed by atoms with Crippen LogP contribution in [0.1, 0.15) is 116 Å². The van der Waals surface area contributed by atoms with E-state index in [4.69, 9.17) is 33.4 Å². The van der Waals surface area contributed by atoms with Gasteiger partial charge in [-0.25, -0.2) is 0 Å². The molecule has 39 heteroatoms. The number of hydrogen-bond donors (Lipinski definition) is 21. The Balaban J connectivity index is 1.46. The fraction of sp³-hybridized carbons (Fsp3) is 0.487. The van der Waals surface area contributed by atoms with Gasteiger partial charge in [0.25, 0.3) is 0 Å². The Bertz CT molecular complexity index is 4360. The van der Waals surface area contributed by atoms with Gasteiger partial charge in [0.2, 0.25) is 94.5 Å². The molecule has 0 aliphatic carbocycles. The number of rotatable bonds is 39. The summed E-state index contributed by atoms with van der Waals surface area (Å²) in [7, 11) is 0. The van der Waals surface area contributed by atoms with Crippen LogP contribution >= 0.6 is 11.8 Å². The van der Waals surface area contributed by atoms with E-state index < -0.39 is 198 Å². The van der Waals surface area contributed by atoms with Gasteiger partial charge in [0.05, 0.1) is 25.7 Å². The number of primary amides is 3. The molecule has 636 valence electrons. The van der Waals surface area contributed by atoms with E-state index in [-0.39, 0.29) is 95.7 Å². The number of H-pyrrole nitrogens is 1. The molecule has 12 atom stereocenters. The Hall–Kier alpha value is -11.8. The van der Waals surface area contributed by atoms with Crippen molar-refractivity contribution in [2.24, 2.45) is 28.7 Å². The van der Waals surface area contributed by atoms with Gasteiger partial charge in [0, 0.05) is 75.5 Å². The van der Waals surface area contributed by atoms with Crippen LogP contribution < -0.4 is 103 Å². The predicted molar refractivity (Wildman–Crippen MR) is 431 cm³/mol. The molecule has 1 aliphatic heterocycles. The Morgan fingerprint density at radius 1 is 0.658 bits per heavy atom. The zero-order valence-corrected chi connectivity index (χ0v) is 66.8. The number of nitrogens with one attached hydrogen (secondary N) is 14. The third-order valence-electron chi connectivity index (χ3n) is 19.2. The molecule has 0 saturated carbocycles. The molecule has 16 amide bonds. The van der Waals surface area contributed by atoms with Crippen LogP contribution in [0, 0.1) is 0 Å². The first-order chi connectivity index (χ1) is 55.5. The highest BCUT2D eigenvalue weighted by Gasteiger charge is 2.43. The quantitative estimate of drug-likeness (QED) is 0.0165. The van der Waals surface area contributed by atoms with Crippen molar-refractivity contribution in [1.82, 2.24) is 74.1 Å². The molecule has 1 saturated heterocycles. The minimum atomic E-state index is -2.26. The number of fused-ring (bicyclic) bond motifs is 2. The summed E-state index contributed by atoms with van der Waals surface area (Å²) < 4.78 is 5.73. The van der Waals surface area contributed by atoms with Crippen LogP contribution in [0.15, 0.2) is 97.2 Å². The predicted octanol–water partition coefficient (Wildman–Crippen LogP) is -4.49. The number of benzene rings is 4. The van der Waals surface area contributed by atoms with Crippen LogP contribution in [0.25, 0.3) is 21.7 Å². The SMILES string of the molecule is CC(=O)NCCCC[C@H](NC(=O)[C@](C)(CCCCN)NC(=O)[C@H](Cc1ccc2ccccc2c1)NC(=O)[C@H](Cc1ccc(OCCN)cc1)NC(=O)[C@@H]1CSCC[C@H](NC(C)=O)C(=O)N[C@](C)(CO)C(=O)N[C@@H]([C@@H](C)O)C(=O)N[C@@H](Cc2c[nH]c3ccccc23)C(=O)N[C@@H](CCC(N)=O)C(=O)N1)C(=O)N[C@@H](CC(N)=O)C(=O)NCC(N)=O. The lowest BCUT2D eigenvalue weighted by atomic mass is 9.91. The summed E-state index contributed by atoms with van der Waals surface area (Å²) >= 11 is 0.931. The standard InChI is InChI=1S/C78H109N19O19S/c1-43(99)65-74(113)92-59(37-50-39-85-53-17-9-8-16-52(50)53)70(109)88-55(25-26-62(81)102)68(107)93-61(41-117-33-27-56(87-45(3)101)72(111)97-78(5,42-98)76(115)95-65)71(110)89-57(35-46-20-23-51(24-21-46)116-32-30-80)69(108)90-58(36-47-19-22-48-14-6-7-15-49(48)34-47)73(112)96-77(4,28-11-12-29-79)75(114)94-54(18-10-13-31-84-44(2)100)67(106)91-60(38-63(82)103)66(105)86-40-64(83)104/h6-9,14-17,19-24,34,39,43,54-61,65,85,98-99H,10-13,18,25-33,35-38,40-42,79-80H2,1-5H3,(H2,81,102)(H2,82,103)(H2,83,104)(H,84,100)(H,86,105)(H,87,101)(H,88,109)(H,89,110)(H,90,108)(H,91,106)(H,92,113)(H,93,107)(H,94,114)(H,95,115)(H,96,112)(H,97,111)/t43-,54+,55+,56+,57+,58+,59+,60+,61+,65+,77+,78-/m1/s1. The highest BCUT2D eigenvalue weighted by Crippen LogP contribution is 2.24. The van der Waals surface area contributed by atoms with E-state index in [1.807, 2.05) is 18.2 Å². The summed E-state index contributed by atoms with van der Waals surface area (Å²) in [5.74, 6) is -15.8. The maximum Gasteiger partial charge on any atom is 0.248 e. The molecule has 0 spiro atoms. The minimum Gasteiger partial charge on any atom is -0.492 e. The van der Waals surface area contributed by atoms with Gasteiger partial charge in [0.15, 0.2) is 0 Å². The normalized spacial score (nSPS) is 19.5. The van der Waals surface area contributed by atoms with Gasteiger partial charge in [-0.2, -0.15) is 11.8 Å². The molecule has 2 heterocycles. The molecule has 1 fully saturated rings. The van der Waals surface area contributed by atoms with Crippen molar-refractivity contribution in [2.75, 3.05) is 50.9 Å².